The van der Waals surface area contributed by atoms with Crippen molar-refractivity contribution in [2.75, 3.05) is 39.0 Å². The molecule has 0 bridgehead atoms. The molecule has 0 aliphatic carbocycles. The van der Waals surface area contributed by atoms with Crippen LogP contribution in [0.25, 0.3) is 0 Å². The van der Waals surface area contributed by atoms with E-state index in [-0.39, 0.29) is 11.7 Å². The molecule has 1 saturated heterocycles. The number of carbonyl (C=O) groups is 1. The molecule has 1 N–H and O–H groups in total. The lowest BCUT2D eigenvalue weighted by atomic mass is 9.97. The van der Waals surface area contributed by atoms with Gasteiger partial charge in [-0.1, -0.05) is 0 Å². The fourth-order valence-electron chi connectivity index (χ4n) is 3.21. The van der Waals surface area contributed by atoms with Crippen molar-refractivity contribution in [2.45, 2.75) is 12.8 Å². The standard InChI is InChI=1S/C15H22N4O3S/c1-16-9-12-3-2-6-19(10-12)15(20)13-4-5-14-17-23(21,22)8-7-18(14)11-13/h4-5,11-12,16H,2-3,6-10H2,1H3. The van der Waals surface area contributed by atoms with Crippen molar-refractivity contribution in [3.63, 3.8) is 0 Å². The van der Waals surface area contributed by atoms with E-state index in [1.165, 1.54) is 0 Å². The van der Waals surface area contributed by atoms with Crippen molar-refractivity contribution in [3.8, 4) is 0 Å². The molecule has 0 saturated carbocycles. The van der Waals surface area contributed by atoms with Crippen LogP contribution in [0.4, 0.5) is 0 Å². The molecule has 0 aromatic heterocycles. The maximum atomic E-state index is 12.7. The first-order valence-corrected chi connectivity index (χ1v) is 9.52. The van der Waals surface area contributed by atoms with Crippen LogP contribution in [-0.4, -0.2) is 68.9 Å². The first-order valence-electron chi connectivity index (χ1n) is 7.91. The number of fused-ring (bicyclic) bond motifs is 1. The molecule has 1 amide bonds. The number of amides is 1. The number of sulfonamides is 1. The second-order valence-electron chi connectivity index (χ2n) is 6.16. The number of hydrogen-bond acceptors (Lipinski definition) is 5. The third-order valence-corrected chi connectivity index (χ3v) is 5.53. The summed E-state index contributed by atoms with van der Waals surface area (Å²) in [6.07, 6.45) is 7.15. The lowest BCUT2D eigenvalue weighted by Crippen LogP contribution is -2.44. The van der Waals surface area contributed by atoms with Gasteiger partial charge < -0.3 is 15.1 Å². The molecule has 7 nitrogen and oxygen atoms in total. The third-order valence-electron chi connectivity index (χ3n) is 4.37. The van der Waals surface area contributed by atoms with E-state index in [1.807, 2.05) is 11.9 Å². The summed E-state index contributed by atoms with van der Waals surface area (Å²) in [7, 11) is -1.43. The van der Waals surface area contributed by atoms with E-state index in [1.54, 1.807) is 23.3 Å². The zero-order chi connectivity index (χ0) is 16.4. The highest BCUT2D eigenvalue weighted by atomic mass is 32.2. The highest BCUT2D eigenvalue weighted by Crippen LogP contribution is 2.21. The fraction of sp³-hybridized carbons (Fsp3) is 0.600. The molecule has 1 atom stereocenters. The second kappa shape index (κ2) is 6.45. The Hall–Kier alpha value is -1.67. The maximum absolute atomic E-state index is 12.7. The number of likely N-dealkylation sites (tertiary alicyclic amines) is 1. The number of nitrogens with one attached hydrogen (secondary N) is 1. The number of nitrogens with zero attached hydrogens (tertiary/aromatic N) is 3. The van der Waals surface area contributed by atoms with Gasteiger partial charge in [-0.3, -0.25) is 4.79 Å². The van der Waals surface area contributed by atoms with Crippen LogP contribution in [0.3, 0.4) is 0 Å². The number of piperidine rings is 1. The Morgan fingerprint density at radius 3 is 3.00 bits per heavy atom. The summed E-state index contributed by atoms with van der Waals surface area (Å²) in [5, 5.41) is 3.17. The van der Waals surface area contributed by atoms with Crippen molar-refractivity contribution in [2.24, 2.45) is 10.3 Å². The van der Waals surface area contributed by atoms with Gasteiger partial charge >= 0.3 is 0 Å². The smallest absolute Gasteiger partial charge is 0.256 e. The zero-order valence-electron chi connectivity index (χ0n) is 13.2. The number of carbonyl (C=O) groups excluding carboxylic acids is 1. The van der Waals surface area contributed by atoms with E-state index in [4.69, 9.17) is 0 Å². The summed E-state index contributed by atoms with van der Waals surface area (Å²) in [4.78, 5) is 16.3. The van der Waals surface area contributed by atoms with Gasteiger partial charge in [0.2, 0.25) is 0 Å². The average molecular weight is 338 g/mol. The van der Waals surface area contributed by atoms with Gasteiger partial charge in [0.15, 0.2) is 0 Å². The lowest BCUT2D eigenvalue weighted by Gasteiger charge is -2.34. The van der Waals surface area contributed by atoms with Crippen LogP contribution in [0, 0.1) is 5.92 Å². The molecule has 3 rings (SSSR count). The first kappa shape index (κ1) is 16.2. The van der Waals surface area contributed by atoms with Crippen molar-refractivity contribution in [3.05, 3.63) is 23.9 Å². The molecule has 23 heavy (non-hydrogen) atoms. The molecule has 8 heteroatoms. The van der Waals surface area contributed by atoms with E-state index in [2.05, 4.69) is 9.71 Å². The van der Waals surface area contributed by atoms with Gasteiger partial charge in [0, 0.05) is 25.8 Å². The molecule has 0 aromatic rings. The molecular weight excluding hydrogens is 316 g/mol. The molecular formula is C15H22N4O3S. The van der Waals surface area contributed by atoms with Crippen LogP contribution in [0.5, 0.6) is 0 Å². The summed E-state index contributed by atoms with van der Waals surface area (Å²) in [6, 6.07) is 0. The van der Waals surface area contributed by atoms with Gasteiger partial charge in [-0.2, -0.15) is 0 Å². The van der Waals surface area contributed by atoms with Crippen molar-refractivity contribution in [1.29, 1.82) is 0 Å². The van der Waals surface area contributed by atoms with E-state index >= 15 is 0 Å². The Labute approximate surface area is 136 Å². The largest absolute Gasteiger partial charge is 0.338 e. The van der Waals surface area contributed by atoms with Gasteiger partial charge in [-0.05, 0) is 44.5 Å². The van der Waals surface area contributed by atoms with Gasteiger partial charge in [0.05, 0.1) is 11.3 Å². The topological polar surface area (TPSA) is 82.1 Å². The van der Waals surface area contributed by atoms with Crippen LogP contribution >= 0.6 is 0 Å². The van der Waals surface area contributed by atoms with Gasteiger partial charge in [0.1, 0.15) is 5.84 Å². The molecule has 0 spiro atoms. The summed E-state index contributed by atoms with van der Waals surface area (Å²) in [5.41, 5.74) is 0.591. The van der Waals surface area contributed by atoms with Gasteiger partial charge in [-0.25, -0.2) is 8.42 Å². The SMILES string of the molecule is CNCC1CCCN(C(=O)C2=CN3CCS(=O)(=O)N=C3C=C2)C1. The molecule has 3 aliphatic rings. The van der Waals surface area contributed by atoms with Crippen molar-refractivity contribution >= 4 is 21.8 Å². The maximum Gasteiger partial charge on any atom is 0.256 e. The Bertz CT molecular complexity index is 679. The molecule has 3 aliphatic heterocycles. The molecule has 1 unspecified atom stereocenters. The Balaban J connectivity index is 1.72. The molecule has 0 radical (unpaired) electrons. The number of hydrogen-bond donors (Lipinski definition) is 1. The minimum atomic E-state index is -3.36. The van der Waals surface area contributed by atoms with Crippen LogP contribution < -0.4 is 5.32 Å². The molecule has 0 aromatic carbocycles. The summed E-state index contributed by atoms with van der Waals surface area (Å²) >= 11 is 0. The number of amidine groups is 1. The quantitative estimate of drug-likeness (QED) is 0.780. The van der Waals surface area contributed by atoms with E-state index in [0.29, 0.717) is 23.9 Å². The van der Waals surface area contributed by atoms with E-state index in [9.17, 15) is 13.2 Å². The normalized spacial score (nSPS) is 26.4. The Kier molecular flexibility index (Phi) is 4.54. The second-order valence-corrected chi connectivity index (χ2v) is 7.92. The number of rotatable bonds is 3. The predicted octanol–water partition coefficient (Wildman–Crippen LogP) is -0.0580. The van der Waals surface area contributed by atoms with Crippen LogP contribution in [-0.2, 0) is 14.8 Å². The third kappa shape index (κ3) is 3.64. The van der Waals surface area contributed by atoms with E-state index in [0.717, 1.165) is 32.5 Å². The minimum Gasteiger partial charge on any atom is -0.338 e. The van der Waals surface area contributed by atoms with Gasteiger partial charge in [-0.15, -0.1) is 4.40 Å². The van der Waals surface area contributed by atoms with Crippen LogP contribution in [0.1, 0.15) is 12.8 Å². The Morgan fingerprint density at radius 1 is 1.39 bits per heavy atom. The average Bonchev–Trinajstić information content (AvgIpc) is 2.53. The monoisotopic (exact) mass is 338 g/mol. The molecule has 1 fully saturated rings. The summed E-state index contributed by atoms with van der Waals surface area (Å²) in [5.74, 6) is 0.869. The van der Waals surface area contributed by atoms with Crippen molar-refractivity contribution in [1.82, 2.24) is 15.1 Å². The van der Waals surface area contributed by atoms with Gasteiger partial charge in [0.25, 0.3) is 15.9 Å². The van der Waals surface area contributed by atoms with Crippen LogP contribution in [0.2, 0.25) is 0 Å². The Morgan fingerprint density at radius 2 is 2.22 bits per heavy atom. The zero-order valence-corrected chi connectivity index (χ0v) is 14.1. The van der Waals surface area contributed by atoms with Crippen molar-refractivity contribution < 1.29 is 13.2 Å². The highest BCUT2D eigenvalue weighted by molar-refractivity contribution is 7.90. The first-order chi connectivity index (χ1) is 11.0. The highest BCUT2D eigenvalue weighted by Gasteiger charge is 2.28. The molecule has 126 valence electrons. The van der Waals surface area contributed by atoms with Crippen LogP contribution in [0.15, 0.2) is 28.3 Å². The minimum absolute atomic E-state index is 0.00883. The fourth-order valence-corrected chi connectivity index (χ4v) is 4.18. The lowest BCUT2D eigenvalue weighted by molar-refractivity contribution is -0.128. The summed E-state index contributed by atoms with van der Waals surface area (Å²) < 4.78 is 26.8. The predicted molar refractivity (Wildman–Crippen MR) is 88.4 cm³/mol. The molecule has 3 heterocycles. The van der Waals surface area contributed by atoms with E-state index < -0.39 is 10.0 Å². The summed E-state index contributed by atoms with van der Waals surface area (Å²) in [6.45, 7) is 2.80.